The first kappa shape index (κ1) is 14.5. The van der Waals surface area contributed by atoms with Gasteiger partial charge >= 0.3 is 0 Å². The van der Waals surface area contributed by atoms with Crippen molar-refractivity contribution in [2.75, 3.05) is 11.4 Å². The zero-order valence-corrected chi connectivity index (χ0v) is 13.2. The third-order valence-corrected chi connectivity index (χ3v) is 5.42. The quantitative estimate of drug-likeness (QED) is 0.745. The van der Waals surface area contributed by atoms with E-state index < -0.39 is 10.0 Å². The fourth-order valence-corrected chi connectivity index (χ4v) is 3.54. The number of aryl methyl sites for hydroxylation is 1. The largest absolute Gasteiger partial charge is 0.267 e. The Morgan fingerprint density at radius 1 is 0.955 bits per heavy atom. The van der Waals surface area contributed by atoms with E-state index in [9.17, 15) is 8.42 Å². The van der Waals surface area contributed by atoms with Gasteiger partial charge in [0.1, 0.15) is 0 Å². The van der Waals surface area contributed by atoms with Crippen molar-refractivity contribution in [2.24, 2.45) is 0 Å². The summed E-state index contributed by atoms with van der Waals surface area (Å²) in [6.07, 6.45) is 1.66. The molecule has 4 nitrogen and oxygen atoms in total. The monoisotopic (exact) mass is 312 g/mol. The fraction of sp³-hybridized carbons (Fsp3) is 0.118. The van der Waals surface area contributed by atoms with Crippen molar-refractivity contribution in [1.82, 2.24) is 4.98 Å². The number of fused-ring (bicyclic) bond motifs is 1. The van der Waals surface area contributed by atoms with Gasteiger partial charge in [-0.1, -0.05) is 35.9 Å². The summed E-state index contributed by atoms with van der Waals surface area (Å²) >= 11 is 0. The van der Waals surface area contributed by atoms with Crippen LogP contribution in [-0.2, 0) is 10.0 Å². The standard InChI is InChI=1S/C17H16N2O2S/c1-13-8-10-15(11-9-13)22(20,21)19(2)16-7-3-5-14-6-4-12-18-17(14)16/h3-12H,1-2H3. The molecule has 0 saturated heterocycles. The molecule has 22 heavy (non-hydrogen) atoms. The molecular weight excluding hydrogens is 296 g/mol. The number of benzene rings is 2. The van der Waals surface area contributed by atoms with Gasteiger partial charge in [0.05, 0.1) is 16.1 Å². The number of sulfonamides is 1. The van der Waals surface area contributed by atoms with Crippen LogP contribution in [0.25, 0.3) is 10.9 Å². The molecule has 1 heterocycles. The molecular formula is C17H16N2O2S. The van der Waals surface area contributed by atoms with Crippen LogP contribution in [0, 0.1) is 6.92 Å². The second kappa shape index (κ2) is 5.42. The van der Waals surface area contributed by atoms with E-state index in [-0.39, 0.29) is 4.90 Å². The summed E-state index contributed by atoms with van der Waals surface area (Å²) in [5.41, 5.74) is 2.26. The lowest BCUT2D eigenvalue weighted by molar-refractivity contribution is 0.594. The minimum Gasteiger partial charge on any atom is -0.267 e. The molecule has 3 rings (SSSR count). The predicted molar refractivity (Wildman–Crippen MR) is 88.5 cm³/mol. The van der Waals surface area contributed by atoms with Crippen molar-refractivity contribution in [2.45, 2.75) is 11.8 Å². The highest BCUT2D eigenvalue weighted by Crippen LogP contribution is 2.28. The molecule has 1 aromatic heterocycles. The van der Waals surface area contributed by atoms with Crippen LogP contribution in [0.15, 0.2) is 65.7 Å². The van der Waals surface area contributed by atoms with Crippen molar-refractivity contribution < 1.29 is 8.42 Å². The number of aromatic nitrogens is 1. The van der Waals surface area contributed by atoms with Gasteiger partial charge in [0.15, 0.2) is 0 Å². The molecule has 0 radical (unpaired) electrons. The molecule has 0 atom stereocenters. The molecule has 0 unspecified atom stereocenters. The van der Waals surface area contributed by atoms with Gasteiger partial charge < -0.3 is 0 Å². The minimum absolute atomic E-state index is 0.272. The third-order valence-electron chi connectivity index (χ3n) is 3.63. The van der Waals surface area contributed by atoms with E-state index in [1.54, 1.807) is 43.6 Å². The molecule has 0 aliphatic heterocycles. The molecule has 0 bridgehead atoms. The fourth-order valence-electron chi connectivity index (χ4n) is 2.34. The van der Waals surface area contributed by atoms with Crippen LogP contribution in [0.2, 0.25) is 0 Å². The van der Waals surface area contributed by atoms with E-state index >= 15 is 0 Å². The zero-order chi connectivity index (χ0) is 15.7. The average Bonchev–Trinajstić information content (AvgIpc) is 2.54. The lowest BCUT2D eigenvalue weighted by Crippen LogP contribution is -2.26. The molecule has 2 aromatic carbocycles. The van der Waals surface area contributed by atoms with Crippen LogP contribution in [0.4, 0.5) is 5.69 Å². The SMILES string of the molecule is Cc1ccc(S(=O)(=O)N(C)c2cccc3cccnc23)cc1. The highest BCUT2D eigenvalue weighted by molar-refractivity contribution is 7.92. The lowest BCUT2D eigenvalue weighted by Gasteiger charge is -2.20. The summed E-state index contributed by atoms with van der Waals surface area (Å²) in [5, 5.41) is 0.908. The highest BCUT2D eigenvalue weighted by atomic mass is 32.2. The van der Waals surface area contributed by atoms with Crippen molar-refractivity contribution in [3.05, 3.63) is 66.4 Å². The molecule has 0 aliphatic rings. The number of para-hydroxylation sites is 1. The summed E-state index contributed by atoms with van der Waals surface area (Å²) in [4.78, 5) is 4.59. The summed E-state index contributed by atoms with van der Waals surface area (Å²) in [5.74, 6) is 0. The average molecular weight is 312 g/mol. The summed E-state index contributed by atoms with van der Waals surface area (Å²) in [6.45, 7) is 1.93. The summed E-state index contributed by atoms with van der Waals surface area (Å²) < 4.78 is 26.9. The first-order chi connectivity index (χ1) is 10.5. The van der Waals surface area contributed by atoms with Crippen LogP contribution < -0.4 is 4.31 Å². The Labute approximate surface area is 130 Å². The minimum atomic E-state index is -3.61. The van der Waals surface area contributed by atoms with E-state index in [1.165, 1.54) is 4.31 Å². The van der Waals surface area contributed by atoms with Gasteiger partial charge in [-0.25, -0.2) is 8.42 Å². The number of anilines is 1. The Hall–Kier alpha value is -2.40. The van der Waals surface area contributed by atoms with E-state index in [0.29, 0.717) is 11.2 Å². The van der Waals surface area contributed by atoms with E-state index in [4.69, 9.17) is 0 Å². The van der Waals surface area contributed by atoms with E-state index in [1.807, 2.05) is 31.2 Å². The van der Waals surface area contributed by atoms with Crippen molar-refractivity contribution >= 4 is 26.6 Å². The van der Waals surface area contributed by atoms with Gasteiger partial charge in [-0.3, -0.25) is 9.29 Å². The number of pyridine rings is 1. The van der Waals surface area contributed by atoms with Gasteiger partial charge in [-0.15, -0.1) is 0 Å². The number of hydrogen-bond acceptors (Lipinski definition) is 3. The maximum Gasteiger partial charge on any atom is 0.264 e. The van der Waals surface area contributed by atoms with Crippen LogP contribution in [0.3, 0.4) is 0 Å². The van der Waals surface area contributed by atoms with Crippen molar-refractivity contribution in [1.29, 1.82) is 0 Å². The lowest BCUT2D eigenvalue weighted by atomic mass is 10.2. The molecule has 0 spiro atoms. The molecule has 0 saturated carbocycles. The molecule has 3 aromatic rings. The second-order valence-corrected chi connectivity index (χ2v) is 7.11. The van der Waals surface area contributed by atoms with Gasteiger partial charge in [0.25, 0.3) is 10.0 Å². The smallest absolute Gasteiger partial charge is 0.264 e. The van der Waals surface area contributed by atoms with Crippen LogP contribution >= 0.6 is 0 Å². The Morgan fingerprint density at radius 3 is 2.36 bits per heavy atom. The Bertz CT molecular complexity index is 914. The maximum atomic E-state index is 12.8. The molecule has 0 fully saturated rings. The van der Waals surface area contributed by atoms with Gasteiger partial charge in [0, 0.05) is 18.6 Å². The Morgan fingerprint density at radius 2 is 1.64 bits per heavy atom. The predicted octanol–water partition coefficient (Wildman–Crippen LogP) is 3.37. The second-order valence-electron chi connectivity index (χ2n) is 5.14. The Balaban J connectivity index is 2.12. The van der Waals surface area contributed by atoms with Crippen LogP contribution in [-0.4, -0.2) is 20.4 Å². The first-order valence-corrected chi connectivity index (χ1v) is 8.33. The van der Waals surface area contributed by atoms with Crippen molar-refractivity contribution in [3.63, 3.8) is 0 Å². The van der Waals surface area contributed by atoms with Crippen molar-refractivity contribution in [3.8, 4) is 0 Å². The van der Waals surface area contributed by atoms with Crippen LogP contribution in [0.1, 0.15) is 5.56 Å². The number of nitrogens with zero attached hydrogens (tertiary/aromatic N) is 2. The van der Waals surface area contributed by atoms with Crippen LogP contribution in [0.5, 0.6) is 0 Å². The number of rotatable bonds is 3. The van der Waals surface area contributed by atoms with Gasteiger partial charge in [-0.2, -0.15) is 0 Å². The topological polar surface area (TPSA) is 50.3 Å². The molecule has 5 heteroatoms. The molecule has 0 amide bonds. The van der Waals surface area contributed by atoms with E-state index in [2.05, 4.69) is 4.98 Å². The summed E-state index contributed by atoms with van der Waals surface area (Å²) in [6, 6.07) is 16.1. The number of hydrogen-bond donors (Lipinski definition) is 0. The molecule has 0 N–H and O–H groups in total. The van der Waals surface area contributed by atoms with Gasteiger partial charge in [0.2, 0.25) is 0 Å². The first-order valence-electron chi connectivity index (χ1n) is 6.89. The molecule has 112 valence electrons. The van der Waals surface area contributed by atoms with E-state index in [0.717, 1.165) is 10.9 Å². The normalized spacial score (nSPS) is 11.5. The highest BCUT2D eigenvalue weighted by Gasteiger charge is 2.22. The maximum absolute atomic E-state index is 12.8. The summed E-state index contributed by atoms with van der Waals surface area (Å²) in [7, 11) is -2.05. The third kappa shape index (κ3) is 2.44. The Kier molecular flexibility index (Phi) is 3.58. The zero-order valence-electron chi connectivity index (χ0n) is 12.4. The van der Waals surface area contributed by atoms with Gasteiger partial charge in [-0.05, 0) is 31.2 Å². The molecule has 0 aliphatic carbocycles.